The van der Waals surface area contributed by atoms with Crippen LogP contribution in [0.3, 0.4) is 0 Å². The molecule has 2 rings (SSSR count). The molecular weight excluding hydrogens is 230 g/mol. The van der Waals surface area contributed by atoms with Crippen LogP contribution in [0.15, 0.2) is 35.2 Å². The molecule has 2 aromatic heterocycles. The lowest BCUT2D eigenvalue weighted by atomic mass is 10.1. The number of carbonyl (C=O) groups is 1. The number of nitrogens with zero attached hydrogens (tertiary/aromatic N) is 2. The smallest absolute Gasteiger partial charge is 0.254 e. The second-order valence-electron chi connectivity index (χ2n) is 4.40. The molecule has 2 aromatic rings. The Hall–Kier alpha value is -2.04. The zero-order valence-electron chi connectivity index (χ0n) is 10.6. The van der Waals surface area contributed by atoms with E-state index >= 15 is 0 Å². The number of nitrogens with one attached hydrogen (secondary N) is 1. The van der Waals surface area contributed by atoms with Gasteiger partial charge in [-0.25, -0.2) is 0 Å². The van der Waals surface area contributed by atoms with E-state index in [2.05, 4.69) is 10.4 Å². The van der Waals surface area contributed by atoms with E-state index in [4.69, 9.17) is 4.42 Å². The summed E-state index contributed by atoms with van der Waals surface area (Å²) in [7, 11) is 1.79. The first-order valence-electron chi connectivity index (χ1n) is 5.97. The van der Waals surface area contributed by atoms with E-state index in [1.54, 1.807) is 30.4 Å². The third-order valence-corrected chi connectivity index (χ3v) is 2.75. The molecule has 0 bridgehead atoms. The molecule has 0 radical (unpaired) electrons. The number of hydrogen-bond acceptors (Lipinski definition) is 3. The van der Waals surface area contributed by atoms with Crippen LogP contribution in [0.4, 0.5) is 0 Å². The summed E-state index contributed by atoms with van der Waals surface area (Å²) in [6, 6.07) is 3.91. The number of aryl methyl sites for hydroxylation is 2. The predicted octanol–water partition coefficient (Wildman–Crippen LogP) is 1.76. The second kappa shape index (κ2) is 5.53. The minimum absolute atomic E-state index is 0.0879. The van der Waals surface area contributed by atoms with Crippen molar-refractivity contribution in [2.75, 3.05) is 0 Å². The summed E-state index contributed by atoms with van der Waals surface area (Å²) in [5, 5.41) is 6.91. The van der Waals surface area contributed by atoms with Gasteiger partial charge >= 0.3 is 0 Å². The van der Waals surface area contributed by atoms with Gasteiger partial charge in [-0.3, -0.25) is 9.48 Å². The SMILES string of the molecule is CC(CCc1ccco1)NC(=O)c1cnn(C)c1. The van der Waals surface area contributed by atoms with Crippen molar-refractivity contribution in [3.05, 3.63) is 42.1 Å². The third kappa shape index (κ3) is 3.23. The largest absolute Gasteiger partial charge is 0.469 e. The number of amides is 1. The van der Waals surface area contributed by atoms with Crippen LogP contribution < -0.4 is 5.32 Å². The van der Waals surface area contributed by atoms with Crippen molar-refractivity contribution < 1.29 is 9.21 Å². The van der Waals surface area contributed by atoms with E-state index in [-0.39, 0.29) is 11.9 Å². The minimum Gasteiger partial charge on any atom is -0.469 e. The molecular formula is C13H17N3O2. The van der Waals surface area contributed by atoms with Crippen molar-refractivity contribution in [3.63, 3.8) is 0 Å². The first-order chi connectivity index (χ1) is 8.65. The third-order valence-electron chi connectivity index (χ3n) is 2.75. The van der Waals surface area contributed by atoms with Crippen molar-refractivity contribution in [1.29, 1.82) is 0 Å². The highest BCUT2D eigenvalue weighted by Gasteiger charge is 2.11. The van der Waals surface area contributed by atoms with Gasteiger partial charge in [0.25, 0.3) is 5.91 Å². The highest BCUT2D eigenvalue weighted by atomic mass is 16.3. The summed E-state index contributed by atoms with van der Waals surface area (Å²) in [5.41, 5.74) is 0.586. The van der Waals surface area contributed by atoms with Crippen molar-refractivity contribution in [3.8, 4) is 0 Å². The van der Waals surface area contributed by atoms with E-state index in [1.807, 2.05) is 19.1 Å². The summed E-state index contributed by atoms with van der Waals surface area (Å²) in [5.74, 6) is 0.854. The van der Waals surface area contributed by atoms with Gasteiger partial charge < -0.3 is 9.73 Å². The van der Waals surface area contributed by atoms with Crippen LogP contribution in [-0.2, 0) is 13.5 Å². The summed E-state index contributed by atoms with van der Waals surface area (Å²) in [6.45, 7) is 1.98. The van der Waals surface area contributed by atoms with E-state index < -0.39 is 0 Å². The molecule has 18 heavy (non-hydrogen) atoms. The van der Waals surface area contributed by atoms with E-state index in [0.717, 1.165) is 18.6 Å². The van der Waals surface area contributed by atoms with Crippen molar-refractivity contribution in [2.45, 2.75) is 25.8 Å². The minimum atomic E-state index is -0.0879. The standard InChI is InChI=1S/C13H17N3O2/c1-10(5-6-12-4-3-7-18-12)15-13(17)11-8-14-16(2)9-11/h3-4,7-10H,5-6H2,1-2H3,(H,15,17). The van der Waals surface area contributed by atoms with Crippen LogP contribution in [0.1, 0.15) is 29.5 Å². The number of rotatable bonds is 5. The van der Waals surface area contributed by atoms with E-state index in [9.17, 15) is 4.79 Å². The Labute approximate surface area is 106 Å². The maximum atomic E-state index is 11.8. The lowest BCUT2D eigenvalue weighted by Gasteiger charge is -2.12. The van der Waals surface area contributed by atoms with Gasteiger partial charge in [0.05, 0.1) is 18.0 Å². The average molecular weight is 247 g/mol. The van der Waals surface area contributed by atoms with Crippen molar-refractivity contribution in [2.24, 2.45) is 7.05 Å². The number of aromatic nitrogens is 2. The number of furan rings is 1. The molecule has 1 amide bonds. The molecule has 96 valence electrons. The highest BCUT2D eigenvalue weighted by Crippen LogP contribution is 2.06. The zero-order valence-corrected chi connectivity index (χ0v) is 10.6. The fraction of sp³-hybridized carbons (Fsp3) is 0.385. The number of hydrogen-bond donors (Lipinski definition) is 1. The Bertz CT molecular complexity index is 502. The quantitative estimate of drug-likeness (QED) is 0.875. The fourth-order valence-corrected chi connectivity index (χ4v) is 1.73. The molecule has 0 aliphatic rings. The van der Waals surface area contributed by atoms with Crippen LogP contribution >= 0.6 is 0 Å². The van der Waals surface area contributed by atoms with Gasteiger partial charge in [0.1, 0.15) is 5.76 Å². The maximum Gasteiger partial charge on any atom is 0.254 e. The molecule has 0 spiro atoms. The topological polar surface area (TPSA) is 60.1 Å². The van der Waals surface area contributed by atoms with Crippen LogP contribution in [0.5, 0.6) is 0 Å². The molecule has 0 aliphatic heterocycles. The van der Waals surface area contributed by atoms with Crippen LogP contribution in [-0.4, -0.2) is 21.7 Å². The van der Waals surface area contributed by atoms with E-state index in [1.165, 1.54) is 0 Å². The van der Waals surface area contributed by atoms with Crippen molar-refractivity contribution >= 4 is 5.91 Å². The van der Waals surface area contributed by atoms with Gasteiger partial charge in [-0.05, 0) is 25.5 Å². The van der Waals surface area contributed by atoms with Gasteiger partial charge in [-0.1, -0.05) is 0 Å². The van der Waals surface area contributed by atoms with E-state index in [0.29, 0.717) is 5.56 Å². The normalized spacial score (nSPS) is 12.3. The van der Waals surface area contributed by atoms with Gasteiger partial charge in [0.2, 0.25) is 0 Å². The van der Waals surface area contributed by atoms with Crippen molar-refractivity contribution in [1.82, 2.24) is 15.1 Å². The van der Waals surface area contributed by atoms with Gasteiger partial charge in [0.15, 0.2) is 0 Å². The van der Waals surface area contributed by atoms with Gasteiger partial charge in [0, 0.05) is 25.7 Å². The predicted molar refractivity (Wildman–Crippen MR) is 67.2 cm³/mol. The van der Waals surface area contributed by atoms with Crippen LogP contribution in [0.2, 0.25) is 0 Å². The molecule has 5 nitrogen and oxygen atoms in total. The number of carbonyl (C=O) groups excluding carboxylic acids is 1. The summed E-state index contributed by atoms with van der Waals surface area (Å²) in [4.78, 5) is 11.8. The second-order valence-corrected chi connectivity index (χ2v) is 4.40. The molecule has 0 saturated heterocycles. The Balaban J connectivity index is 1.80. The Morgan fingerprint density at radius 2 is 2.44 bits per heavy atom. The summed E-state index contributed by atoms with van der Waals surface area (Å²) in [6.07, 6.45) is 6.60. The fourth-order valence-electron chi connectivity index (χ4n) is 1.73. The molecule has 2 heterocycles. The molecule has 5 heteroatoms. The average Bonchev–Trinajstić information content (AvgIpc) is 2.97. The van der Waals surface area contributed by atoms with Crippen LogP contribution in [0, 0.1) is 0 Å². The molecule has 1 atom stereocenters. The zero-order chi connectivity index (χ0) is 13.0. The first kappa shape index (κ1) is 12.4. The Morgan fingerprint density at radius 3 is 3.06 bits per heavy atom. The summed E-state index contributed by atoms with van der Waals surface area (Å²) < 4.78 is 6.86. The molecule has 0 saturated carbocycles. The lowest BCUT2D eigenvalue weighted by molar-refractivity contribution is 0.0938. The van der Waals surface area contributed by atoms with Crippen LogP contribution in [0.25, 0.3) is 0 Å². The lowest BCUT2D eigenvalue weighted by Crippen LogP contribution is -2.32. The Morgan fingerprint density at radius 1 is 1.61 bits per heavy atom. The first-order valence-corrected chi connectivity index (χ1v) is 5.97. The maximum absolute atomic E-state index is 11.8. The molecule has 1 N–H and O–H groups in total. The monoisotopic (exact) mass is 247 g/mol. The molecule has 0 aromatic carbocycles. The van der Waals surface area contributed by atoms with Gasteiger partial charge in [-0.15, -0.1) is 0 Å². The summed E-state index contributed by atoms with van der Waals surface area (Å²) >= 11 is 0. The molecule has 0 aliphatic carbocycles. The Kier molecular flexibility index (Phi) is 3.82. The molecule has 0 fully saturated rings. The molecule has 1 unspecified atom stereocenters. The van der Waals surface area contributed by atoms with Gasteiger partial charge in [-0.2, -0.15) is 5.10 Å². The highest BCUT2D eigenvalue weighted by molar-refractivity contribution is 5.93.